The van der Waals surface area contributed by atoms with Crippen LogP contribution in [0.3, 0.4) is 0 Å². The molecule has 0 amide bonds. The van der Waals surface area contributed by atoms with Crippen LogP contribution < -0.4 is 11.2 Å². The Labute approximate surface area is 166 Å². The van der Waals surface area contributed by atoms with E-state index in [0.717, 1.165) is 0 Å². The number of aliphatic hydroxyl groups excluding tert-OH is 1. The van der Waals surface area contributed by atoms with Gasteiger partial charge in [-0.15, -0.1) is 6.58 Å². The van der Waals surface area contributed by atoms with Crippen molar-refractivity contribution in [2.45, 2.75) is 76.0 Å². The van der Waals surface area contributed by atoms with Gasteiger partial charge in [-0.3, -0.25) is 14.3 Å². The molecule has 0 spiro atoms. The Balaban J connectivity index is 2.47. The zero-order valence-electron chi connectivity index (χ0n) is 17.5. The smallest absolute Gasteiger partial charge is 0.330 e. The van der Waals surface area contributed by atoms with E-state index in [0.29, 0.717) is 6.42 Å². The number of aromatic nitrogens is 2. The lowest BCUT2D eigenvalue weighted by Crippen LogP contribution is -2.51. The van der Waals surface area contributed by atoms with Crippen LogP contribution in [0.4, 0.5) is 0 Å². The van der Waals surface area contributed by atoms with E-state index in [4.69, 9.17) is 13.9 Å². The predicted molar refractivity (Wildman–Crippen MR) is 109 cm³/mol. The normalized spacial score (nSPS) is 27.0. The van der Waals surface area contributed by atoms with Gasteiger partial charge in [-0.25, -0.2) is 4.79 Å². The molecule has 158 valence electrons. The summed E-state index contributed by atoms with van der Waals surface area (Å²) < 4.78 is 19.6. The van der Waals surface area contributed by atoms with Crippen molar-refractivity contribution in [2.24, 2.45) is 0 Å². The van der Waals surface area contributed by atoms with Gasteiger partial charge in [0, 0.05) is 19.4 Å². The molecule has 5 atom stereocenters. The van der Waals surface area contributed by atoms with E-state index in [1.54, 1.807) is 6.08 Å². The van der Waals surface area contributed by atoms with Gasteiger partial charge < -0.3 is 19.0 Å². The second kappa shape index (κ2) is 8.46. The Kier molecular flexibility index (Phi) is 6.88. The molecule has 0 bridgehead atoms. The number of rotatable bonds is 7. The van der Waals surface area contributed by atoms with E-state index in [1.807, 2.05) is 0 Å². The maximum absolute atomic E-state index is 12.3. The van der Waals surface area contributed by atoms with Crippen molar-refractivity contribution in [3.63, 3.8) is 0 Å². The molecule has 2 N–H and O–H groups in total. The lowest BCUT2D eigenvalue weighted by Gasteiger charge is -2.41. The second-order valence-corrected chi connectivity index (χ2v) is 13.4. The molecular weight excluding hydrogens is 380 g/mol. The molecule has 1 aromatic heterocycles. The highest BCUT2D eigenvalue weighted by atomic mass is 28.4. The van der Waals surface area contributed by atoms with Crippen molar-refractivity contribution in [3.8, 4) is 0 Å². The first-order valence-corrected chi connectivity index (χ1v) is 12.3. The number of methoxy groups -OCH3 is 1. The number of hydrogen-bond acceptors (Lipinski definition) is 6. The summed E-state index contributed by atoms with van der Waals surface area (Å²) in [4.78, 5) is 25.9. The zero-order chi connectivity index (χ0) is 21.3. The Morgan fingerprint density at radius 2 is 2.04 bits per heavy atom. The van der Waals surface area contributed by atoms with E-state index in [1.165, 1.54) is 23.9 Å². The molecule has 0 aliphatic carbocycles. The number of ether oxygens (including phenoxy) is 2. The molecule has 1 aliphatic rings. The van der Waals surface area contributed by atoms with Crippen molar-refractivity contribution in [2.75, 3.05) is 7.11 Å². The number of H-pyrrole nitrogens is 1. The van der Waals surface area contributed by atoms with Gasteiger partial charge in [0.25, 0.3) is 5.56 Å². The first kappa shape index (κ1) is 22.8. The van der Waals surface area contributed by atoms with Crippen molar-refractivity contribution >= 4 is 8.32 Å². The van der Waals surface area contributed by atoms with E-state index in [-0.39, 0.29) is 5.04 Å². The molecule has 1 fully saturated rings. The minimum absolute atomic E-state index is 0.0634. The van der Waals surface area contributed by atoms with Gasteiger partial charge in [0.2, 0.25) is 0 Å². The largest absolute Gasteiger partial charge is 0.408 e. The molecule has 9 heteroatoms. The van der Waals surface area contributed by atoms with E-state index in [2.05, 4.69) is 45.4 Å². The molecule has 1 aromatic rings. The SMILES string of the molecule is C=CC[C@H](O)[C@H]1O[C@@H](n2ccc(=O)[nH]c2=O)C(OC)C1O[Si](C)(C)C(C)(C)C. The van der Waals surface area contributed by atoms with Gasteiger partial charge in [-0.05, 0) is 24.6 Å². The average Bonchev–Trinajstić information content (AvgIpc) is 2.91. The fourth-order valence-electron chi connectivity index (χ4n) is 3.03. The maximum Gasteiger partial charge on any atom is 0.330 e. The van der Waals surface area contributed by atoms with Gasteiger partial charge >= 0.3 is 5.69 Å². The van der Waals surface area contributed by atoms with Crippen LogP contribution in [0.2, 0.25) is 18.1 Å². The first-order chi connectivity index (χ1) is 12.9. The van der Waals surface area contributed by atoms with Crippen LogP contribution in [0.5, 0.6) is 0 Å². The van der Waals surface area contributed by atoms with Crippen LogP contribution in [-0.2, 0) is 13.9 Å². The van der Waals surface area contributed by atoms with Crippen LogP contribution in [0, 0.1) is 0 Å². The van der Waals surface area contributed by atoms with Gasteiger partial charge in [0.1, 0.15) is 18.3 Å². The lowest BCUT2D eigenvalue weighted by atomic mass is 10.0. The number of aliphatic hydroxyl groups is 1. The summed E-state index contributed by atoms with van der Waals surface area (Å²) in [6, 6.07) is 1.24. The van der Waals surface area contributed by atoms with Gasteiger partial charge in [-0.2, -0.15) is 0 Å². The third-order valence-corrected chi connectivity index (χ3v) is 10.1. The summed E-state index contributed by atoms with van der Waals surface area (Å²) in [6.07, 6.45) is -0.344. The monoisotopic (exact) mass is 412 g/mol. The molecule has 0 saturated carbocycles. The number of hydrogen-bond donors (Lipinski definition) is 2. The molecule has 1 aliphatic heterocycles. The van der Waals surface area contributed by atoms with E-state index < -0.39 is 50.2 Å². The quantitative estimate of drug-likeness (QED) is 0.523. The van der Waals surface area contributed by atoms with E-state index >= 15 is 0 Å². The van der Waals surface area contributed by atoms with Crippen molar-refractivity contribution in [1.29, 1.82) is 0 Å². The van der Waals surface area contributed by atoms with Gasteiger partial charge in [-0.1, -0.05) is 26.8 Å². The summed E-state index contributed by atoms with van der Waals surface area (Å²) in [5.41, 5.74) is -1.10. The first-order valence-electron chi connectivity index (χ1n) is 9.39. The van der Waals surface area contributed by atoms with Crippen molar-refractivity contribution in [1.82, 2.24) is 9.55 Å². The van der Waals surface area contributed by atoms with Crippen molar-refractivity contribution in [3.05, 3.63) is 45.8 Å². The van der Waals surface area contributed by atoms with Gasteiger partial charge in [0.05, 0.1) is 6.10 Å². The fraction of sp³-hybridized carbons (Fsp3) is 0.684. The van der Waals surface area contributed by atoms with Crippen LogP contribution in [0.1, 0.15) is 33.4 Å². The molecule has 2 heterocycles. The molecule has 2 rings (SSSR count). The minimum atomic E-state index is -2.23. The zero-order valence-corrected chi connectivity index (χ0v) is 18.5. The third-order valence-electron chi connectivity index (χ3n) is 5.65. The average molecular weight is 413 g/mol. The summed E-state index contributed by atoms with van der Waals surface area (Å²) >= 11 is 0. The standard InChI is InChI=1S/C19H32N2O6Si/c1-8-9-12(22)14-15(27-28(6,7)19(2,3)4)16(25-5)17(26-14)21-11-10-13(23)20-18(21)24/h8,10-12,14-17,22H,1,9H2,2-7H3,(H,20,23,24)/t12-,14+,15?,16?,17+/m0/s1. The molecule has 2 unspecified atom stereocenters. The fourth-order valence-corrected chi connectivity index (χ4v) is 4.34. The molecule has 1 saturated heterocycles. The molecule has 8 nitrogen and oxygen atoms in total. The highest BCUT2D eigenvalue weighted by Crippen LogP contribution is 2.42. The van der Waals surface area contributed by atoms with Crippen LogP contribution in [0.15, 0.2) is 34.5 Å². The minimum Gasteiger partial charge on any atom is -0.408 e. The highest BCUT2D eigenvalue weighted by molar-refractivity contribution is 6.74. The number of nitrogens with one attached hydrogen (secondary N) is 1. The van der Waals surface area contributed by atoms with Crippen LogP contribution >= 0.6 is 0 Å². The van der Waals surface area contributed by atoms with Crippen LogP contribution in [-0.4, -0.2) is 54.5 Å². The molecular formula is C19H32N2O6Si. The Morgan fingerprint density at radius 1 is 1.39 bits per heavy atom. The number of aromatic amines is 1. The third kappa shape index (κ3) is 4.55. The molecule has 28 heavy (non-hydrogen) atoms. The Hall–Kier alpha value is -1.52. The summed E-state index contributed by atoms with van der Waals surface area (Å²) in [6.45, 7) is 14.3. The highest BCUT2D eigenvalue weighted by Gasteiger charge is 2.53. The van der Waals surface area contributed by atoms with Crippen LogP contribution in [0.25, 0.3) is 0 Å². The maximum atomic E-state index is 12.3. The Morgan fingerprint density at radius 3 is 2.54 bits per heavy atom. The summed E-state index contributed by atoms with van der Waals surface area (Å²) in [5, 5.41) is 10.6. The summed E-state index contributed by atoms with van der Waals surface area (Å²) in [7, 11) is -0.718. The molecule has 0 radical (unpaired) electrons. The topological polar surface area (TPSA) is 103 Å². The summed E-state index contributed by atoms with van der Waals surface area (Å²) in [5.74, 6) is 0. The van der Waals surface area contributed by atoms with Crippen molar-refractivity contribution < 1.29 is 19.0 Å². The molecule has 0 aromatic carbocycles. The van der Waals surface area contributed by atoms with E-state index in [9.17, 15) is 14.7 Å². The van der Waals surface area contributed by atoms with Gasteiger partial charge in [0.15, 0.2) is 14.5 Å². The Bertz CT molecular complexity index is 797. The second-order valence-electron chi connectivity index (χ2n) is 8.64. The predicted octanol–water partition coefficient (Wildman–Crippen LogP) is 1.78. The lowest BCUT2D eigenvalue weighted by molar-refractivity contribution is -0.0857. The number of nitrogens with zero attached hydrogens (tertiary/aromatic N) is 1.